The Balaban J connectivity index is 2.22. The summed E-state index contributed by atoms with van der Waals surface area (Å²) in [6.07, 6.45) is 0. The van der Waals surface area contributed by atoms with Crippen molar-refractivity contribution in [2.75, 3.05) is 30.3 Å². The number of nitrogens with two attached hydrogens (primary N) is 2. The summed E-state index contributed by atoms with van der Waals surface area (Å²) in [6, 6.07) is 6.78. The molecule has 2 amide bonds. The van der Waals surface area contributed by atoms with E-state index >= 15 is 0 Å². The number of rotatable bonds is 2. The predicted molar refractivity (Wildman–Crippen MR) is 73.4 cm³/mol. The van der Waals surface area contributed by atoms with Gasteiger partial charge in [-0.25, -0.2) is 0 Å². The maximum Gasteiger partial charge on any atom is 0.241 e. The van der Waals surface area contributed by atoms with E-state index in [1.54, 1.807) is 17.0 Å². The third kappa shape index (κ3) is 2.78. The van der Waals surface area contributed by atoms with Crippen molar-refractivity contribution in [2.45, 2.75) is 13.0 Å². The van der Waals surface area contributed by atoms with Gasteiger partial charge in [-0.05, 0) is 24.3 Å². The minimum Gasteiger partial charge on any atom is -0.399 e. The molecule has 1 heterocycles. The van der Waals surface area contributed by atoms with Crippen LogP contribution in [0.2, 0.25) is 0 Å². The fraction of sp³-hybridized carbons (Fsp3) is 0.385. The van der Waals surface area contributed by atoms with Gasteiger partial charge in [0.15, 0.2) is 0 Å². The average molecular weight is 262 g/mol. The number of benzene rings is 1. The molecule has 102 valence electrons. The van der Waals surface area contributed by atoms with Gasteiger partial charge in [0.25, 0.3) is 0 Å². The second-order valence-electron chi connectivity index (χ2n) is 4.67. The number of hydrogen-bond donors (Lipinski definition) is 2. The van der Waals surface area contributed by atoms with Crippen LogP contribution in [0, 0.1) is 0 Å². The number of carbonyl (C=O) groups excluding carboxylic acids is 2. The van der Waals surface area contributed by atoms with E-state index in [1.165, 1.54) is 6.92 Å². The molecule has 1 aliphatic rings. The molecule has 1 saturated heterocycles. The summed E-state index contributed by atoms with van der Waals surface area (Å²) in [5, 5.41) is 0. The van der Waals surface area contributed by atoms with E-state index < -0.39 is 11.9 Å². The number of nitrogens with zero attached hydrogens (tertiary/aromatic N) is 2. The Kier molecular flexibility index (Phi) is 3.59. The third-order valence-electron chi connectivity index (χ3n) is 3.38. The lowest BCUT2D eigenvalue weighted by atomic mass is 10.1. The van der Waals surface area contributed by atoms with Crippen LogP contribution in [0.1, 0.15) is 6.92 Å². The summed E-state index contributed by atoms with van der Waals surface area (Å²) in [6.45, 7) is 2.99. The van der Waals surface area contributed by atoms with Crippen LogP contribution < -0.4 is 16.4 Å². The van der Waals surface area contributed by atoms with E-state index in [-0.39, 0.29) is 5.91 Å². The van der Waals surface area contributed by atoms with E-state index in [4.69, 9.17) is 11.5 Å². The van der Waals surface area contributed by atoms with Crippen molar-refractivity contribution >= 4 is 23.2 Å². The monoisotopic (exact) mass is 262 g/mol. The van der Waals surface area contributed by atoms with Gasteiger partial charge in [-0.2, -0.15) is 0 Å². The molecule has 1 unspecified atom stereocenters. The molecule has 4 N–H and O–H groups in total. The second kappa shape index (κ2) is 5.17. The van der Waals surface area contributed by atoms with Crippen LogP contribution in [-0.4, -0.2) is 42.4 Å². The summed E-state index contributed by atoms with van der Waals surface area (Å²) < 4.78 is 0. The van der Waals surface area contributed by atoms with Crippen molar-refractivity contribution < 1.29 is 9.59 Å². The van der Waals surface area contributed by atoms with E-state index in [9.17, 15) is 9.59 Å². The molecule has 2 rings (SSSR count). The van der Waals surface area contributed by atoms with Crippen LogP contribution in [0.3, 0.4) is 0 Å². The third-order valence-corrected chi connectivity index (χ3v) is 3.38. The molecule has 1 aromatic rings. The van der Waals surface area contributed by atoms with Crippen LogP contribution in [0.15, 0.2) is 24.3 Å². The highest BCUT2D eigenvalue weighted by Gasteiger charge is 2.32. The van der Waals surface area contributed by atoms with Gasteiger partial charge in [0.2, 0.25) is 11.8 Å². The Hall–Kier alpha value is -2.24. The number of hydrogen-bond acceptors (Lipinski definition) is 4. The average Bonchev–Trinajstić information content (AvgIpc) is 2.38. The summed E-state index contributed by atoms with van der Waals surface area (Å²) in [5.41, 5.74) is 12.7. The van der Waals surface area contributed by atoms with Crippen molar-refractivity contribution in [3.05, 3.63) is 24.3 Å². The van der Waals surface area contributed by atoms with Crippen molar-refractivity contribution in [2.24, 2.45) is 5.73 Å². The molecule has 1 aliphatic heterocycles. The number of carbonyl (C=O) groups is 2. The number of amides is 2. The molecule has 0 saturated carbocycles. The van der Waals surface area contributed by atoms with Crippen LogP contribution in [0.25, 0.3) is 0 Å². The van der Waals surface area contributed by atoms with E-state index in [1.807, 2.05) is 17.0 Å². The maximum atomic E-state index is 11.6. The Bertz CT molecular complexity index is 486. The van der Waals surface area contributed by atoms with E-state index in [2.05, 4.69) is 0 Å². The first-order chi connectivity index (χ1) is 8.99. The van der Waals surface area contributed by atoms with Crippen molar-refractivity contribution in [1.82, 2.24) is 4.90 Å². The highest BCUT2D eigenvalue weighted by Crippen LogP contribution is 2.21. The molecule has 0 spiro atoms. The number of primary amides is 1. The lowest BCUT2D eigenvalue weighted by Gasteiger charge is -2.40. The predicted octanol–water partition coefficient (Wildman–Crippen LogP) is -0.209. The van der Waals surface area contributed by atoms with Gasteiger partial charge in [0.05, 0.1) is 6.54 Å². The van der Waals surface area contributed by atoms with Crippen LogP contribution in [0.4, 0.5) is 11.4 Å². The Morgan fingerprint density at radius 3 is 2.37 bits per heavy atom. The molecule has 0 aromatic heterocycles. The highest BCUT2D eigenvalue weighted by molar-refractivity contribution is 5.85. The lowest BCUT2D eigenvalue weighted by molar-refractivity contribution is -0.130. The first kappa shape index (κ1) is 13.2. The van der Waals surface area contributed by atoms with Crippen LogP contribution in [0.5, 0.6) is 0 Å². The highest BCUT2D eigenvalue weighted by atomic mass is 16.2. The maximum absolute atomic E-state index is 11.6. The molecular formula is C13H18N4O2. The topological polar surface area (TPSA) is 92.7 Å². The Morgan fingerprint density at radius 2 is 1.84 bits per heavy atom. The van der Waals surface area contributed by atoms with E-state index in [0.717, 1.165) is 5.69 Å². The van der Waals surface area contributed by atoms with Gasteiger partial charge in [-0.15, -0.1) is 0 Å². The van der Waals surface area contributed by atoms with E-state index in [0.29, 0.717) is 25.3 Å². The molecule has 19 heavy (non-hydrogen) atoms. The fourth-order valence-electron chi connectivity index (χ4n) is 2.29. The quantitative estimate of drug-likeness (QED) is 0.721. The summed E-state index contributed by atoms with van der Waals surface area (Å²) in [4.78, 5) is 26.5. The molecular weight excluding hydrogens is 244 g/mol. The number of nitrogen functional groups attached to an aromatic ring is 1. The molecule has 1 fully saturated rings. The molecule has 0 bridgehead atoms. The molecule has 6 nitrogen and oxygen atoms in total. The Morgan fingerprint density at radius 1 is 1.21 bits per heavy atom. The minimum atomic E-state index is -0.499. The van der Waals surface area contributed by atoms with Gasteiger partial charge in [0.1, 0.15) is 6.04 Å². The number of anilines is 2. The lowest BCUT2D eigenvalue weighted by Crippen LogP contribution is -2.59. The van der Waals surface area contributed by atoms with Gasteiger partial charge >= 0.3 is 0 Å². The van der Waals surface area contributed by atoms with Gasteiger partial charge < -0.3 is 21.3 Å². The van der Waals surface area contributed by atoms with Crippen LogP contribution in [-0.2, 0) is 9.59 Å². The van der Waals surface area contributed by atoms with Gasteiger partial charge in [-0.1, -0.05) is 0 Å². The molecule has 6 heteroatoms. The molecule has 1 atom stereocenters. The standard InChI is InChI=1S/C13H18N4O2/c1-9(18)16-6-7-17(12(8-16)13(15)19)11-4-2-10(14)3-5-11/h2-5,12H,6-8,14H2,1H3,(H2,15,19). The smallest absolute Gasteiger partial charge is 0.241 e. The molecule has 1 aromatic carbocycles. The molecule has 0 aliphatic carbocycles. The normalized spacial score (nSPS) is 19.3. The van der Waals surface area contributed by atoms with Gasteiger partial charge in [0, 0.05) is 31.4 Å². The summed E-state index contributed by atoms with van der Waals surface area (Å²) >= 11 is 0. The zero-order chi connectivity index (χ0) is 14.0. The molecule has 0 radical (unpaired) electrons. The van der Waals surface area contributed by atoms with Crippen molar-refractivity contribution in [3.63, 3.8) is 0 Å². The van der Waals surface area contributed by atoms with Crippen molar-refractivity contribution in [1.29, 1.82) is 0 Å². The largest absolute Gasteiger partial charge is 0.399 e. The van der Waals surface area contributed by atoms with Gasteiger partial charge in [-0.3, -0.25) is 9.59 Å². The van der Waals surface area contributed by atoms with Crippen LogP contribution >= 0.6 is 0 Å². The zero-order valence-corrected chi connectivity index (χ0v) is 10.9. The zero-order valence-electron chi connectivity index (χ0n) is 10.9. The minimum absolute atomic E-state index is 0.0387. The number of piperazine rings is 1. The first-order valence-electron chi connectivity index (χ1n) is 6.16. The SMILES string of the molecule is CC(=O)N1CCN(c2ccc(N)cc2)C(C(N)=O)C1. The Labute approximate surface area is 112 Å². The fourth-order valence-corrected chi connectivity index (χ4v) is 2.29. The second-order valence-corrected chi connectivity index (χ2v) is 4.67. The van der Waals surface area contributed by atoms with Crippen molar-refractivity contribution in [3.8, 4) is 0 Å². The summed E-state index contributed by atoms with van der Waals surface area (Å²) in [7, 11) is 0. The first-order valence-corrected chi connectivity index (χ1v) is 6.16. The summed E-state index contributed by atoms with van der Waals surface area (Å²) in [5.74, 6) is -0.467.